The Kier molecular flexibility index (Phi) is 5.05. The third-order valence-corrected chi connectivity index (χ3v) is 4.04. The zero-order chi connectivity index (χ0) is 13.7. The highest BCUT2D eigenvalue weighted by Gasteiger charge is 2.28. The first-order valence-corrected chi connectivity index (χ1v) is 7.07. The zero-order valence-corrected chi connectivity index (χ0v) is 11.6. The normalized spacial score (nSPS) is 21.5. The molecular formula is C15H24N2O2. The number of hydrogen-bond donors (Lipinski definition) is 2. The van der Waals surface area contributed by atoms with Crippen LogP contribution in [0.25, 0.3) is 0 Å². The maximum atomic E-state index is 9.68. The van der Waals surface area contributed by atoms with Crippen molar-refractivity contribution >= 4 is 0 Å². The quantitative estimate of drug-likeness (QED) is 0.821. The predicted octanol–water partition coefficient (Wildman–Crippen LogP) is 1.69. The van der Waals surface area contributed by atoms with Crippen molar-refractivity contribution in [2.24, 2.45) is 17.6 Å². The molecule has 1 heterocycles. The van der Waals surface area contributed by atoms with Crippen LogP contribution in [0.15, 0.2) is 24.3 Å². The van der Waals surface area contributed by atoms with E-state index in [1.165, 1.54) is 6.42 Å². The predicted molar refractivity (Wildman–Crippen MR) is 76.4 cm³/mol. The second-order valence-electron chi connectivity index (χ2n) is 5.22. The van der Waals surface area contributed by atoms with Crippen molar-refractivity contribution in [2.45, 2.75) is 13.3 Å². The highest BCUT2D eigenvalue weighted by Crippen LogP contribution is 2.28. The number of phenolic OH excluding ortho intramolecular Hbond substituents is 1. The molecule has 0 radical (unpaired) electrons. The molecule has 4 nitrogen and oxygen atoms in total. The number of phenols is 1. The molecule has 0 spiro atoms. The molecule has 106 valence electrons. The summed E-state index contributed by atoms with van der Waals surface area (Å²) in [4.78, 5) is 2.45. The number of aromatic hydroxyl groups is 1. The van der Waals surface area contributed by atoms with Gasteiger partial charge in [-0.25, -0.2) is 0 Å². The minimum absolute atomic E-state index is 0.194. The van der Waals surface area contributed by atoms with E-state index >= 15 is 0 Å². The van der Waals surface area contributed by atoms with Crippen molar-refractivity contribution in [3.63, 3.8) is 0 Å². The number of nitrogens with two attached hydrogens (primary N) is 1. The molecule has 1 aliphatic heterocycles. The summed E-state index contributed by atoms with van der Waals surface area (Å²) in [7, 11) is 0. The van der Waals surface area contributed by atoms with E-state index in [0.29, 0.717) is 30.7 Å². The molecule has 1 aromatic carbocycles. The van der Waals surface area contributed by atoms with Crippen LogP contribution in [0.3, 0.4) is 0 Å². The lowest BCUT2D eigenvalue weighted by Crippen LogP contribution is -2.31. The van der Waals surface area contributed by atoms with Crippen LogP contribution >= 0.6 is 0 Å². The number of hydrogen-bond acceptors (Lipinski definition) is 4. The molecule has 0 saturated carbocycles. The first-order chi connectivity index (χ1) is 9.24. The standard InChI is InChI=1S/C15H24N2O2/c1-2-17-8-7-12(10-17)13(9-16)11-19-15-6-4-3-5-14(15)18/h3-6,12-13,18H,2,7-11,16H2,1H3. The van der Waals surface area contributed by atoms with Gasteiger partial charge in [-0.3, -0.25) is 0 Å². The number of para-hydroxylation sites is 2. The molecule has 1 fully saturated rings. The van der Waals surface area contributed by atoms with Crippen LogP contribution < -0.4 is 10.5 Å². The Morgan fingerprint density at radius 3 is 2.89 bits per heavy atom. The lowest BCUT2D eigenvalue weighted by atomic mass is 9.92. The summed E-state index contributed by atoms with van der Waals surface area (Å²) >= 11 is 0. The van der Waals surface area contributed by atoms with E-state index in [9.17, 15) is 5.11 Å². The summed E-state index contributed by atoms with van der Waals surface area (Å²) in [5.41, 5.74) is 5.88. The minimum Gasteiger partial charge on any atom is -0.504 e. The lowest BCUT2D eigenvalue weighted by Gasteiger charge is -2.22. The molecule has 19 heavy (non-hydrogen) atoms. The molecule has 1 aromatic rings. The Morgan fingerprint density at radius 2 is 2.26 bits per heavy atom. The van der Waals surface area contributed by atoms with Gasteiger partial charge in [0.2, 0.25) is 0 Å². The van der Waals surface area contributed by atoms with Crippen LogP contribution in [0.1, 0.15) is 13.3 Å². The van der Waals surface area contributed by atoms with Gasteiger partial charge in [-0.1, -0.05) is 19.1 Å². The van der Waals surface area contributed by atoms with E-state index < -0.39 is 0 Å². The van der Waals surface area contributed by atoms with Crippen LogP contribution in [-0.4, -0.2) is 42.8 Å². The average Bonchev–Trinajstić information content (AvgIpc) is 2.90. The van der Waals surface area contributed by atoms with E-state index in [2.05, 4.69) is 11.8 Å². The molecule has 0 amide bonds. The highest BCUT2D eigenvalue weighted by molar-refractivity contribution is 5.37. The third kappa shape index (κ3) is 3.61. The van der Waals surface area contributed by atoms with Gasteiger partial charge in [0.1, 0.15) is 0 Å². The molecule has 1 saturated heterocycles. The van der Waals surface area contributed by atoms with Gasteiger partial charge in [-0.05, 0) is 44.1 Å². The molecule has 4 heteroatoms. The third-order valence-electron chi connectivity index (χ3n) is 4.04. The van der Waals surface area contributed by atoms with E-state index in [1.807, 2.05) is 6.07 Å². The van der Waals surface area contributed by atoms with Crippen LogP contribution in [0, 0.1) is 11.8 Å². The fraction of sp³-hybridized carbons (Fsp3) is 0.600. The molecular weight excluding hydrogens is 240 g/mol. The van der Waals surface area contributed by atoms with Gasteiger partial charge in [-0.2, -0.15) is 0 Å². The van der Waals surface area contributed by atoms with Crippen molar-refractivity contribution in [1.82, 2.24) is 4.90 Å². The first kappa shape index (κ1) is 14.2. The number of ether oxygens (including phenoxy) is 1. The Hall–Kier alpha value is -1.26. The molecule has 1 aliphatic rings. The van der Waals surface area contributed by atoms with E-state index in [-0.39, 0.29) is 5.75 Å². The molecule has 2 unspecified atom stereocenters. The molecule has 0 aliphatic carbocycles. The van der Waals surface area contributed by atoms with E-state index in [4.69, 9.17) is 10.5 Å². The van der Waals surface area contributed by atoms with Gasteiger partial charge in [-0.15, -0.1) is 0 Å². The highest BCUT2D eigenvalue weighted by atomic mass is 16.5. The smallest absolute Gasteiger partial charge is 0.160 e. The van der Waals surface area contributed by atoms with Crippen LogP contribution in [0.5, 0.6) is 11.5 Å². The van der Waals surface area contributed by atoms with E-state index in [0.717, 1.165) is 19.6 Å². The Labute approximate surface area is 115 Å². The summed E-state index contributed by atoms with van der Waals surface area (Å²) in [6.07, 6.45) is 1.19. The summed E-state index contributed by atoms with van der Waals surface area (Å²) < 4.78 is 5.72. The second-order valence-corrected chi connectivity index (χ2v) is 5.22. The van der Waals surface area contributed by atoms with Gasteiger partial charge < -0.3 is 20.5 Å². The lowest BCUT2D eigenvalue weighted by molar-refractivity contribution is 0.192. The Morgan fingerprint density at radius 1 is 1.47 bits per heavy atom. The number of nitrogens with zero attached hydrogens (tertiary/aromatic N) is 1. The fourth-order valence-electron chi connectivity index (χ4n) is 2.71. The van der Waals surface area contributed by atoms with Crippen LogP contribution in [0.2, 0.25) is 0 Å². The average molecular weight is 264 g/mol. The largest absolute Gasteiger partial charge is 0.504 e. The molecule has 2 atom stereocenters. The number of benzene rings is 1. The van der Waals surface area contributed by atoms with Crippen molar-refractivity contribution in [3.8, 4) is 11.5 Å². The minimum atomic E-state index is 0.194. The summed E-state index contributed by atoms with van der Waals surface area (Å²) in [6.45, 7) is 6.79. The number of likely N-dealkylation sites (tertiary alicyclic amines) is 1. The SMILES string of the molecule is CCN1CCC(C(CN)COc2ccccc2O)C1. The van der Waals surface area contributed by atoms with Gasteiger partial charge in [0, 0.05) is 12.5 Å². The maximum Gasteiger partial charge on any atom is 0.160 e. The molecule has 3 N–H and O–H groups in total. The zero-order valence-electron chi connectivity index (χ0n) is 11.6. The second kappa shape index (κ2) is 6.78. The Balaban J connectivity index is 1.88. The van der Waals surface area contributed by atoms with Crippen LogP contribution in [0.4, 0.5) is 0 Å². The van der Waals surface area contributed by atoms with Gasteiger partial charge >= 0.3 is 0 Å². The van der Waals surface area contributed by atoms with Gasteiger partial charge in [0.25, 0.3) is 0 Å². The molecule has 0 bridgehead atoms. The fourth-order valence-corrected chi connectivity index (χ4v) is 2.71. The number of rotatable bonds is 6. The van der Waals surface area contributed by atoms with Gasteiger partial charge in [0.05, 0.1) is 6.61 Å². The van der Waals surface area contributed by atoms with Crippen molar-refractivity contribution in [1.29, 1.82) is 0 Å². The maximum absolute atomic E-state index is 9.68. The van der Waals surface area contributed by atoms with Crippen molar-refractivity contribution in [2.75, 3.05) is 32.8 Å². The van der Waals surface area contributed by atoms with Crippen LogP contribution in [-0.2, 0) is 0 Å². The summed E-state index contributed by atoms with van der Waals surface area (Å²) in [5, 5.41) is 9.68. The monoisotopic (exact) mass is 264 g/mol. The topological polar surface area (TPSA) is 58.7 Å². The van der Waals surface area contributed by atoms with E-state index in [1.54, 1.807) is 18.2 Å². The Bertz CT molecular complexity index is 397. The molecule has 2 rings (SSSR count). The van der Waals surface area contributed by atoms with Crippen molar-refractivity contribution in [3.05, 3.63) is 24.3 Å². The summed E-state index contributed by atoms with van der Waals surface area (Å²) in [6, 6.07) is 7.08. The van der Waals surface area contributed by atoms with Crippen molar-refractivity contribution < 1.29 is 9.84 Å². The first-order valence-electron chi connectivity index (χ1n) is 7.07. The van der Waals surface area contributed by atoms with Gasteiger partial charge in [0.15, 0.2) is 11.5 Å². The molecule has 0 aromatic heterocycles. The summed E-state index contributed by atoms with van der Waals surface area (Å²) in [5.74, 6) is 1.71.